The molecule has 0 radical (unpaired) electrons. The van der Waals surface area contributed by atoms with Gasteiger partial charge in [0.15, 0.2) is 0 Å². The Kier molecular flexibility index (Phi) is 6.08. The summed E-state index contributed by atoms with van der Waals surface area (Å²) >= 11 is 0. The molecule has 1 unspecified atom stereocenters. The van der Waals surface area contributed by atoms with Crippen molar-refractivity contribution in [3.8, 4) is 0 Å². The van der Waals surface area contributed by atoms with Gasteiger partial charge in [0.1, 0.15) is 6.04 Å². The van der Waals surface area contributed by atoms with E-state index in [1.54, 1.807) is 0 Å². The van der Waals surface area contributed by atoms with E-state index in [0.717, 1.165) is 45.2 Å². The van der Waals surface area contributed by atoms with Crippen LogP contribution in [0.3, 0.4) is 0 Å². The first-order chi connectivity index (χ1) is 12.1. The van der Waals surface area contributed by atoms with E-state index in [1.807, 2.05) is 15.9 Å². The topological polar surface area (TPSA) is 60.9 Å². The second-order valence-corrected chi connectivity index (χ2v) is 7.33. The van der Waals surface area contributed by atoms with Gasteiger partial charge in [-0.3, -0.25) is 14.5 Å². The summed E-state index contributed by atoms with van der Waals surface area (Å²) in [6.07, 6.45) is 5.71. The number of piperidine rings is 2. The fraction of sp³-hybridized carbons (Fsp3) is 0.600. The van der Waals surface area contributed by atoms with Gasteiger partial charge in [-0.25, -0.2) is 0 Å². The molecule has 1 N–H and O–H groups in total. The number of amides is 1. The average Bonchev–Trinajstić information content (AvgIpc) is 2.63. The minimum Gasteiger partial charge on any atom is -0.480 e. The second kappa shape index (κ2) is 8.48. The molecule has 0 aromatic heterocycles. The van der Waals surface area contributed by atoms with Crippen molar-refractivity contribution < 1.29 is 14.7 Å². The number of rotatable bonds is 5. The molecule has 0 bridgehead atoms. The minimum absolute atomic E-state index is 0.0892. The van der Waals surface area contributed by atoms with Crippen LogP contribution in [0.5, 0.6) is 0 Å². The van der Waals surface area contributed by atoms with Crippen molar-refractivity contribution in [3.63, 3.8) is 0 Å². The highest BCUT2D eigenvalue weighted by Gasteiger charge is 2.31. The number of likely N-dealkylation sites (tertiary alicyclic amines) is 2. The number of hydrogen-bond acceptors (Lipinski definition) is 3. The molecule has 2 saturated heterocycles. The van der Waals surface area contributed by atoms with Gasteiger partial charge < -0.3 is 10.0 Å². The Labute approximate surface area is 149 Å². The maximum atomic E-state index is 12.6. The molecule has 25 heavy (non-hydrogen) atoms. The summed E-state index contributed by atoms with van der Waals surface area (Å²) in [5, 5.41) is 9.34. The van der Waals surface area contributed by atoms with Crippen LogP contribution in [0.1, 0.15) is 37.7 Å². The molecule has 1 atom stereocenters. The molecule has 0 aliphatic carbocycles. The van der Waals surface area contributed by atoms with Crippen LogP contribution < -0.4 is 0 Å². The zero-order valence-electron chi connectivity index (χ0n) is 14.8. The molecular formula is C20H28N2O3. The van der Waals surface area contributed by atoms with Gasteiger partial charge in [-0.1, -0.05) is 36.8 Å². The molecule has 2 aliphatic rings. The summed E-state index contributed by atoms with van der Waals surface area (Å²) in [4.78, 5) is 27.7. The highest BCUT2D eigenvalue weighted by Crippen LogP contribution is 2.23. The van der Waals surface area contributed by atoms with Gasteiger partial charge in [0.05, 0.1) is 6.54 Å². The number of aliphatic carboxylic acids is 1. The lowest BCUT2D eigenvalue weighted by Crippen LogP contribution is -2.51. The van der Waals surface area contributed by atoms with E-state index in [9.17, 15) is 14.7 Å². The van der Waals surface area contributed by atoms with Crippen LogP contribution >= 0.6 is 0 Å². The Hall–Kier alpha value is -1.88. The van der Waals surface area contributed by atoms with E-state index in [-0.39, 0.29) is 12.5 Å². The molecule has 2 aliphatic heterocycles. The first-order valence-electron chi connectivity index (χ1n) is 9.42. The summed E-state index contributed by atoms with van der Waals surface area (Å²) in [6.45, 7) is 2.55. The fourth-order valence-electron chi connectivity index (χ4n) is 4.07. The second-order valence-electron chi connectivity index (χ2n) is 7.33. The minimum atomic E-state index is -0.797. The van der Waals surface area contributed by atoms with Crippen molar-refractivity contribution in [1.29, 1.82) is 0 Å². The van der Waals surface area contributed by atoms with Crippen LogP contribution in [0.25, 0.3) is 0 Å². The Morgan fingerprint density at radius 2 is 1.72 bits per heavy atom. The highest BCUT2D eigenvalue weighted by molar-refractivity contribution is 5.80. The monoisotopic (exact) mass is 344 g/mol. The molecule has 3 rings (SSSR count). The SMILES string of the molecule is O=C(O)C1CCCCN1CC(=O)N1CCC(Cc2ccccc2)CC1. The first-order valence-corrected chi connectivity index (χ1v) is 9.42. The largest absolute Gasteiger partial charge is 0.480 e. The van der Waals surface area contributed by atoms with Crippen molar-refractivity contribution in [3.05, 3.63) is 35.9 Å². The summed E-state index contributed by atoms with van der Waals surface area (Å²) in [6, 6.07) is 10.0. The van der Waals surface area contributed by atoms with E-state index >= 15 is 0 Å². The first kappa shape index (κ1) is 17.9. The van der Waals surface area contributed by atoms with Crippen molar-refractivity contribution in [2.24, 2.45) is 5.92 Å². The highest BCUT2D eigenvalue weighted by atomic mass is 16.4. The van der Waals surface area contributed by atoms with E-state index in [2.05, 4.69) is 24.3 Å². The lowest BCUT2D eigenvalue weighted by Gasteiger charge is -2.36. The number of carbonyl (C=O) groups excluding carboxylic acids is 1. The molecule has 5 heteroatoms. The Balaban J connectivity index is 1.47. The van der Waals surface area contributed by atoms with Crippen LogP contribution in [0.4, 0.5) is 0 Å². The van der Waals surface area contributed by atoms with Gasteiger partial charge in [-0.2, -0.15) is 0 Å². The van der Waals surface area contributed by atoms with Gasteiger partial charge in [0.25, 0.3) is 0 Å². The zero-order chi connectivity index (χ0) is 17.6. The molecule has 0 spiro atoms. The predicted molar refractivity (Wildman–Crippen MR) is 96.3 cm³/mol. The van der Waals surface area contributed by atoms with Gasteiger partial charge in [0, 0.05) is 13.1 Å². The van der Waals surface area contributed by atoms with Crippen LogP contribution in [0, 0.1) is 5.92 Å². The third-order valence-electron chi connectivity index (χ3n) is 5.57. The van der Waals surface area contributed by atoms with Crippen molar-refractivity contribution in [2.45, 2.75) is 44.6 Å². The fourth-order valence-corrected chi connectivity index (χ4v) is 4.07. The van der Waals surface area contributed by atoms with Crippen molar-refractivity contribution >= 4 is 11.9 Å². The van der Waals surface area contributed by atoms with Crippen LogP contribution in [-0.2, 0) is 16.0 Å². The van der Waals surface area contributed by atoms with Gasteiger partial charge in [-0.05, 0) is 50.1 Å². The smallest absolute Gasteiger partial charge is 0.320 e. The van der Waals surface area contributed by atoms with Crippen molar-refractivity contribution in [1.82, 2.24) is 9.80 Å². The third-order valence-corrected chi connectivity index (χ3v) is 5.57. The molecule has 0 saturated carbocycles. The number of carbonyl (C=O) groups is 2. The van der Waals surface area contributed by atoms with E-state index in [4.69, 9.17) is 0 Å². The molecule has 2 heterocycles. The standard InChI is InChI=1S/C20H28N2O3/c23-19(15-22-11-5-4-8-18(22)20(24)25)21-12-9-17(10-13-21)14-16-6-2-1-3-7-16/h1-3,6-7,17-18H,4-5,8-15H2,(H,24,25). The maximum absolute atomic E-state index is 12.6. The average molecular weight is 344 g/mol. The number of benzene rings is 1. The number of hydrogen-bond donors (Lipinski definition) is 1. The predicted octanol–water partition coefficient (Wildman–Crippen LogP) is 2.41. The molecule has 1 amide bonds. The quantitative estimate of drug-likeness (QED) is 0.891. The molecule has 136 valence electrons. The summed E-state index contributed by atoms with van der Waals surface area (Å²) < 4.78 is 0. The normalized spacial score (nSPS) is 22.7. The summed E-state index contributed by atoms with van der Waals surface area (Å²) in [5.74, 6) is -0.0754. The molecule has 1 aromatic rings. The molecule has 5 nitrogen and oxygen atoms in total. The van der Waals surface area contributed by atoms with Crippen molar-refractivity contribution in [2.75, 3.05) is 26.2 Å². The molecule has 1 aromatic carbocycles. The lowest BCUT2D eigenvalue weighted by atomic mass is 9.90. The zero-order valence-corrected chi connectivity index (χ0v) is 14.8. The van der Waals surface area contributed by atoms with Crippen LogP contribution in [-0.4, -0.2) is 59.0 Å². The third kappa shape index (κ3) is 4.82. The maximum Gasteiger partial charge on any atom is 0.320 e. The van der Waals surface area contributed by atoms with Gasteiger partial charge in [-0.15, -0.1) is 0 Å². The van der Waals surface area contributed by atoms with Crippen LogP contribution in [0.15, 0.2) is 30.3 Å². The van der Waals surface area contributed by atoms with E-state index < -0.39 is 12.0 Å². The van der Waals surface area contributed by atoms with Gasteiger partial charge >= 0.3 is 5.97 Å². The summed E-state index contributed by atoms with van der Waals surface area (Å²) in [7, 11) is 0. The number of nitrogens with zero attached hydrogens (tertiary/aromatic N) is 2. The lowest BCUT2D eigenvalue weighted by molar-refractivity contribution is -0.146. The number of carboxylic acids is 1. The van der Waals surface area contributed by atoms with Gasteiger partial charge in [0.2, 0.25) is 5.91 Å². The van der Waals surface area contributed by atoms with Crippen LogP contribution in [0.2, 0.25) is 0 Å². The van der Waals surface area contributed by atoms with E-state index in [0.29, 0.717) is 18.9 Å². The Morgan fingerprint density at radius 3 is 2.40 bits per heavy atom. The molecular weight excluding hydrogens is 316 g/mol. The Bertz CT molecular complexity index is 582. The summed E-state index contributed by atoms with van der Waals surface area (Å²) in [5.41, 5.74) is 1.37. The Morgan fingerprint density at radius 1 is 1.00 bits per heavy atom. The molecule has 2 fully saturated rings. The number of carboxylic acid groups (broad SMARTS) is 1. The van der Waals surface area contributed by atoms with E-state index in [1.165, 1.54) is 5.56 Å².